The van der Waals surface area contributed by atoms with Gasteiger partial charge in [-0.05, 0) is 46.3 Å². The van der Waals surface area contributed by atoms with E-state index in [1.807, 2.05) is 28.9 Å². The van der Waals surface area contributed by atoms with Crippen molar-refractivity contribution in [2.24, 2.45) is 0 Å². The summed E-state index contributed by atoms with van der Waals surface area (Å²) in [6, 6.07) is 7.85. The summed E-state index contributed by atoms with van der Waals surface area (Å²) in [7, 11) is 1.37. The number of benzene rings is 1. The van der Waals surface area contributed by atoms with Crippen LogP contribution in [0.3, 0.4) is 0 Å². The zero-order valence-corrected chi connectivity index (χ0v) is 13.8. The molecule has 0 unspecified atom stereocenters. The monoisotopic (exact) mass is 377 g/mol. The summed E-state index contributed by atoms with van der Waals surface area (Å²) >= 11 is 3.39. The van der Waals surface area contributed by atoms with Gasteiger partial charge in [0.05, 0.1) is 19.3 Å². The van der Waals surface area contributed by atoms with Crippen LogP contribution in [0.15, 0.2) is 47.2 Å². The third-order valence-electron chi connectivity index (χ3n) is 3.31. The minimum Gasteiger partial charge on any atom is -0.494 e. The average Bonchev–Trinajstić information content (AvgIpc) is 2.94. The number of rotatable bonds is 4. The van der Waals surface area contributed by atoms with Crippen LogP contribution in [0, 0.1) is 5.82 Å². The van der Waals surface area contributed by atoms with E-state index >= 15 is 0 Å². The van der Waals surface area contributed by atoms with E-state index in [-0.39, 0.29) is 23.8 Å². The predicted molar refractivity (Wildman–Crippen MR) is 87.0 cm³/mol. The van der Waals surface area contributed by atoms with E-state index < -0.39 is 5.82 Å². The first kappa shape index (κ1) is 15.5. The smallest absolute Gasteiger partial charge is 0.251 e. The van der Waals surface area contributed by atoms with Crippen LogP contribution in [-0.4, -0.2) is 22.4 Å². The van der Waals surface area contributed by atoms with Gasteiger partial charge in [-0.1, -0.05) is 0 Å². The van der Waals surface area contributed by atoms with Gasteiger partial charge < -0.3 is 14.5 Å². The number of carbonyl (C=O) groups is 1. The Morgan fingerprint density at radius 2 is 2.17 bits per heavy atom. The van der Waals surface area contributed by atoms with Crippen LogP contribution in [-0.2, 0) is 6.54 Å². The third kappa shape index (κ3) is 3.34. The Morgan fingerprint density at radius 3 is 2.91 bits per heavy atom. The molecule has 0 aliphatic heterocycles. The topological polar surface area (TPSA) is 55.6 Å². The quantitative estimate of drug-likeness (QED) is 0.759. The highest BCUT2D eigenvalue weighted by atomic mass is 79.9. The summed E-state index contributed by atoms with van der Waals surface area (Å²) in [5.74, 6) is -0.838. The highest BCUT2D eigenvalue weighted by Crippen LogP contribution is 2.17. The summed E-state index contributed by atoms with van der Waals surface area (Å²) in [5.41, 5.74) is 1.73. The molecule has 0 bridgehead atoms. The largest absolute Gasteiger partial charge is 0.494 e. The van der Waals surface area contributed by atoms with Gasteiger partial charge in [-0.25, -0.2) is 9.37 Å². The number of nitrogens with one attached hydrogen (secondary N) is 1. The molecule has 0 fully saturated rings. The molecule has 0 spiro atoms. The Hall–Kier alpha value is -2.41. The fourth-order valence-corrected chi connectivity index (χ4v) is 2.54. The lowest BCUT2D eigenvalue weighted by Gasteiger charge is -2.05. The number of imidazole rings is 1. The molecule has 0 saturated carbocycles. The van der Waals surface area contributed by atoms with Gasteiger partial charge in [-0.15, -0.1) is 0 Å². The minimum absolute atomic E-state index is 0.104. The molecule has 0 atom stereocenters. The van der Waals surface area contributed by atoms with Gasteiger partial charge in [-0.3, -0.25) is 4.79 Å². The standard InChI is InChI=1S/C16H13BrFN3O2/c1-23-14-4-2-10(6-13(14)18)16(22)19-7-12-9-21-8-11(17)3-5-15(21)20-12/h2-6,8-9H,7H2,1H3,(H,19,22). The van der Waals surface area contributed by atoms with Crippen molar-refractivity contribution < 1.29 is 13.9 Å². The number of pyridine rings is 1. The number of nitrogens with zero attached hydrogens (tertiary/aromatic N) is 2. The molecule has 1 N–H and O–H groups in total. The molecule has 5 nitrogen and oxygen atoms in total. The van der Waals surface area contributed by atoms with Crippen LogP contribution in [0.4, 0.5) is 4.39 Å². The number of fused-ring (bicyclic) bond motifs is 1. The fraction of sp³-hybridized carbons (Fsp3) is 0.125. The van der Waals surface area contributed by atoms with Gasteiger partial charge in [0.15, 0.2) is 11.6 Å². The van der Waals surface area contributed by atoms with Crippen molar-refractivity contribution in [2.45, 2.75) is 6.54 Å². The van der Waals surface area contributed by atoms with Gasteiger partial charge in [0.1, 0.15) is 5.65 Å². The highest BCUT2D eigenvalue weighted by molar-refractivity contribution is 9.10. The lowest BCUT2D eigenvalue weighted by molar-refractivity contribution is 0.0950. The molecule has 3 rings (SSSR count). The molecule has 0 aliphatic carbocycles. The first-order valence-electron chi connectivity index (χ1n) is 6.81. The molecule has 7 heteroatoms. The first-order valence-corrected chi connectivity index (χ1v) is 7.61. The summed E-state index contributed by atoms with van der Waals surface area (Å²) in [4.78, 5) is 16.5. The first-order chi connectivity index (χ1) is 11.1. The molecule has 118 valence electrons. The van der Waals surface area contributed by atoms with E-state index in [4.69, 9.17) is 4.74 Å². The number of halogens is 2. The fourth-order valence-electron chi connectivity index (χ4n) is 2.18. The third-order valence-corrected chi connectivity index (χ3v) is 3.78. The summed E-state index contributed by atoms with van der Waals surface area (Å²) in [5, 5.41) is 2.72. The molecule has 3 aromatic rings. The lowest BCUT2D eigenvalue weighted by Crippen LogP contribution is -2.23. The van der Waals surface area contributed by atoms with Gasteiger partial charge in [0, 0.05) is 22.4 Å². The van der Waals surface area contributed by atoms with Crippen LogP contribution in [0.1, 0.15) is 16.1 Å². The molecule has 1 aromatic carbocycles. The Kier molecular flexibility index (Phi) is 4.29. The summed E-state index contributed by atoms with van der Waals surface area (Å²) in [6.07, 6.45) is 3.71. The number of carbonyl (C=O) groups excluding carboxylic acids is 1. The summed E-state index contributed by atoms with van der Waals surface area (Å²) in [6.45, 7) is 0.256. The van der Waals surface area contributed by atoms with E-state index in [0.717, 1.165) is 16.2 Å². The number of hydrogen-bond donors (Lipinski definition) is 1. The molecular formula is C16H13BrFN3O2. The number of methoxy groups -OCH3 is 1. The number of amides is 1. The zero-order valence-electron chi connectivity index (χ0n) is 12.2. The van der Waals surface area contributed by atoms with Crippen molar-refractivity contribution in [1.29, 1.82) is 0 Å². The van der Waals surface area contributed by atoms with Crippen molar-refractivity contribution in [2.75, 3.05) is 7.11 Å². The number of ether oxygens (including phenoxy) is 1. The van der Waals surface area contributed by atoms with Crippen LogP contribution >= 0.6 is 15.9 Å². The Balaban J connectivity index is 1.71. The Morgan fingerprint density at radius 1 is 1.35 bits per heavy atom. The van der Waals surface area contributed by atoms with E-state index in [1.165, 1.54) is 19.2 Å². The van der Waals surface area contributed by atoms with E-state index in [1.54, 1.807) is 0 Å². The molecule has 23 heavy (non-hydrogen) atoms. The average molecular weight is 378 g/mol. The Bertz CT molecular complexity index is 879. The molecule has 0 aliphatic rings. The molecule has 0 radical (unpaired) electrons. The van der Waals surface area contributed by atoms with Crippen molar-refractivity contribution in [3.63, 3.8) is 0 Å². The van der Waals surface area contributed by atoms with Crippen LogP contribution in [0.25, 0.3) is 5.65 Å². The SMILES string of the molecule is COc1ccc(C(=O)NCc2cn3cc(Br)ccc3n2)cc1F. The summed E-state index contributed by atoms with van der Waals surface area (Å²) < 4.78 is 21.3. The number of aromatic nitrogens is 2. The maximum Gasteiger partial charge on any atom is 0.251 e. The van der Waals surface area contributed by atoms with E-state index in [2.05, 4.69) is 26.2 Å². The second-order valence-corrected chi connectivity index (χ2v) is 5.79. The normalized spacial score (nSPS) is 10.7. The van der Waals surface area contributed by atoms with Crippen molar-refractivity contribution in [3.8, 4) is 5.75 Å². The minimum atomic E-state index is -0.572. The second-order valence-electron chi connectivity index (χ2n) is 4.88. The van der Waals surface area contributed by atoms with Crippen molar-refractivity contribution >= 4 is 27.5 Å². The zero-order chi connectivity index (χ0) is 16.4. The maximum absolute atomic E-state index is 13.6. The van der Waals surface area contributed by atoms with E-state index in [0.29, 0.717) is 5.69 Å². The van der Waals surface area contributed by atoms with Gasteiger partial charge >= 0.3 is 0 Å². The molecule has 2 heterocycles. The van der Waals surface area contributed by atoms with Crippen molar-refractivity contribution in [3.05, 3.63) is 64.3 Å². The predicted octanol–water partition coefficient (Wildman–Crippen LogP) is 3.17. The second kappa shape index (κ2) is 6.37. The molecule has 0 saturated heterocycles. The van der Waals surface area contributed by atoms with Gasteiger partial charge in [0.2, 0.25) is 0 Å². The maximum atomic E-state index is 13.6. The van der Waals surface area contributed by atoms with Crippen LogP contribution in [0.5, 0.6) is 5.75 Å². The van der Waals surface area contributed by atoms with Crippen molar-refractivity contribution in [1.82, 2.24) is 14.7 Å². The van der Waals surface area contributed by atoms with E-state index in [9.17, 15) is 9.18 Å². The molecule has 2 aromatic heterocycles. The number of hydrogen-bond acceptors (Lipinski definition) is 3. The van der Waals surface area contributed by atoms with Gasteiger partial charge in [-0.2, -0.15) is 0 Å². The Labute approximate surface area is 140 Å². The highest BCUT2D eigenvalue weighted by Gasteiger charge is 2.11. The van der Waals surface area contributed by atoms with Crippen LogP contribution in [0.2, 0.25) is 0 Å². The molecular weight excluding hydrogens is 365 g/mol. The molecule has 1 amide bonds. The lowest BCUT2D eigenvalue weighted by atomic mass is 10.2. The van der Waals surface area contributed by atoms with Crippen LogP contribution < -0.4 is 10.1 Å². The van der Waals surface area contributed by atoms with Gasteiger partial charge in [0.25, 0.3) is 5.91 Å².